The highest BCUT2D eigenvalue weighted by atomic mass is 35.5. The third-order valence-electron chi connectivity index (χ3n) is 4.90. The van der Waals surface area contributed by atoms with Crippen LogP contribution in [0.25, 0.3) is 5.57 Å². The predicted octanol–water partition coefficient (Wildman–Crippen LogP) is 3.09. The van der Waals surface area contributed by atoms with Crippen LogP contribution in [-0.4, -0.2) is 51.2 Å². The Morgan fingerprint density at radius 3 is 2.70 bits per heavy atom. The molecule has 0 aliphatic carbocycles. The summed E-state index contributed by atoms with van der Waals surface area (Å²) in [6.07, 6.45) is -2.26. The van der Waals surface area contributed by atoms with Crippen molar-refractivity contribution < 1.29 is 23.0 Å². The molecular weight excluding hydrogens is 483 g/mol. The number of hydrogen-bond donors (Lipinski definition) is 1. The summed E-state index contributed by atoms with van der Waals surface area (Å²) < 4.78 is 44.4. The molecule has 1 aliphatic rings. The van der Waals surface area contributed by atoms with Gasteiger partial charge in [-0.2, -0.15) is 23.3 Å². The van der Waals surface area contributed by atoms with Gasteiger partial charge in [-0.1, -0.05) is 17.7 Å². The van der Waals surface area contributed by atoms with Crippen molar-refractivity contribution in [3.8, 4) is 5.88 Å². The van der Waals surface area contributed by atoms with Gasteiger partial charge in [0.25, 0.3) is 0 Å². The first-order valence-corrected chi connectivity index (χ1v) is 10.8. The maximum absolute atomic E-state index is 12.8. The molecule has 0 spiro atoms. The number of halogens is 4. The zero-order valence-electron chi connectivity index (χ0n) is 17.1. The highest BCUT2D eigenvalue weighted by molar-refractivity contribution is 7.12. The third-order valence-corrected chi connectivity index (χ3v) is 6.30. The highest BCUT2D eigenvalue weighted by Gasteiger charge is 2.32. The molecule has 0 saturated carbocycles. The summed E-state index contributed by atoms with van der Waals surface area (Å²) in [6.45, 7) is 0.344. The van der Waals surface area contributed by atoms with Crippen LogP contribution in [0.3, 0.4) is 0 Å². The van der Waals surface area contributed by atoms with Crippen LogP contribution in [0.4, 0.5) is 19.0 Å². The molecule has 0 fully saturated rings. The summed E-state index contributed by atoms with van der Waals surface area (Å²) in [5, 5.41) is 15.0. The van der Waals surface area contributed by atoms with Gasteiger partial charge in [-0.05, 0) is 24.3 Å². The van der Waals surface area contributed by atoms with Crippen LogP contribution >= 0.6 is 22.9 Å². The van der Waals surface area contributed by atoms with E-state index in [1.165, 1.54) is 19.4 Å². The predicted molar refractivity (Wildman–Crippen MR) is 117 cm³/mol. The number of thiophene rings is 1. The molecule has 8 nitrogen and oxygen atoms in total. The van der Waals surface area contributed by atoms with Crippen molar-refractivity contribution in [2.75, 3.05) is 25.1 Å². The third kappa shape index (κ3) is 5.02. The minimum absolute atomic E-state index is 0.121. The molecule has 1 atom stereocenters. The van der Waals surface area contributed by atoms with Gasteiger partial charge < -0.3 is 14.7 Å². The quantitative estimate of drug-likeness (QED) is 0.576. The van der Waals surface area contributed by atoms with Gasteiger partial charge >= 0.3 is 11.9 Å². The SMILES string of the molecule is COc1nc(C2=CCN(c3cnn(Cc4ccc(C(F)(F)F)s4)c(=O)n3)C[C@@H]2O)ccc1Cl. The van der Waals surface area contributed by atoms with Gasteiger partial charge in [-0.25, -0.2) is 14.5 Å². The number of aromatic nitrogens is 4. The average molecular weight is 500 g/mol. The lowest BCUT2D eigenvalue weighted by Crippen LogP contribution is -2.39. The molecule has 1 N–H and O–H groups in total. The Kier molecular flexibility index (Phi) is 6.41. The summed E-state index contributed by atoms with van der Waals surface area (Å²) in [5.74, 6) is 0.488. The first-order chi connectivity index (χ1) is 15.7. The number of pyridine rings is 1. The monoisotopic (exact) mass is 499 g/mol. The van der Waals surface area contributed by atoms with Gasteiger partial charge in [0.05, 0.1) is 31.6 Å². The second-order valence-corrected chi connectivity index (χ2v) is 8.66. The lowest BCUT2D eigenvalue weighted by molar-refractivity contribution is -0.134. The van der Waals surface area contributed by atoms with Crippen LogP contribution in [0.15, 0.2) is 41.3 Å². The molecule has 0 aromatic carbocycles. The molecule has 3 aromatic rings. The molecule has 3 aromatic heterocycles. The normalized spacial score (nSPS) is 16.6. The zero-order chi connectivity index (χ0) is 23.8. The fourth-order valence-electron chi connectivity index (χ4n) is 3.29. The molecule has 1 aliphatic heterocycles. The second kappa shape index (κ2) is 9.12. The summed E-state index contributed by atoms with van der Waals surface area (Å²) in [6, 6.07) is 5.57. The van der Waals surface area contributed by atoms with Crippen molar-refractivity contribution in [3.05, 3.63) is 67.5 Å². The van der Waals surface area contributed by atoms with Crippen LogP contribution < -0.4 is 15.3 Å². The second-order valence-electron chi connectivity index (χ2n) is 7.09. The van der Waals surface area contributed by atoms with E-state index in [1.54, 1.807) is 23.1 Å². The Balaban J connectivity index is 1.50. The minimum Gasteiger partial charge on any atom is -0.480 e. The number of β-amino-alcohol motifs (C(OH)–C–C–N with tert-alkyl or cyclic N) is 1. The first kappa shape index (κ1) is 23.2. The number of hydrogen-bond acceptors (Lipinski definition) is 8. The van der Waals surface area contributed by atoms with Crippen LogP contribution in [-0.2, 0) is 12.7 Å². The largest absolute Gasteiger partial charge is 0.480 e. The minimum atomic E-state index is -4.43. The molecule has 33 heavy (non-hydrogen) atoms. The topological polar surface area (TPSA) is 93.4 Å². The van der Waals surface area contributed by atoms with E-state index >= 15 is 0 Å². The van der Waals surface area contributed by atoms with E-state index in [-0.39, 0.29) is 24.8 Å². The van der Waals surface area contributed by atoms with Crippen LogP contribution in [0.1, 0.15) is 15.4 Å². The van der Waals surface area contributed by atoms with Gasteiger partial charge in [0.1, 0.15) is 9.90 Å². The Labute approximate surface area is 194 Å². The van der Waals surface area contributed by atoms with Crippen molar-refractivity contribution >= 4 is 34.3 Å². The van der Waals surface area contributed by atoms with Crippen LogP contribution in [0, 0.1) is 0 Å². The standard InChI is InChI=1S/C20H17ClF3N5O3S/c1-32-18-13(21)3-4-14(26-18)12-6-7-28(10-15(12)30)17-8-25-29(19(31)27-17)9-11-2-5-16(33-11)20(22,23)24/h2-6,8,15,30H,7,9-10H2,1H3/t15-/m0/s1. The van der Waals surface area contributed by atoms with Crippen molar-refractivity contribution in [1.82, 2.24) is 19.7 Å². The lowest BCUT2D eigenvalue weighted by Gasteiger charge is -2.30. The van der Waals surface area contributed by atoms with Gasteiger partial charge in [-0.15, -0.1) is 11.3 Å². The molecule has 0 amide bonds. The average Bonchev–Trinajstić information content (AvgIpc) is 3.25. The van der Waals surface area contributed by atoms with E-state index in [4.69, 9.17) is 16.3 Å². The van der Waals surface area contributed by atoms with E-state index in [0.29, 0.717) is 39.0 Å². The molecular formula is C20H17ClF3N5O3S. The smallest absolute Gasteiger partial charge is 0.425 e. The number of rotatable bonds is 5. The zero-order valence-corrected chi connectivity index (χ0v) is 18.7. The summed E-state index contributed by atoms with van der Waals surface area (Å²) in [7, 11) is 1.44. The number of anilines is 1. The Bertz CT molecular complexity index is 1260. The molecule has 0 bridgehead atoms. The number of ether oxygens (including phenoxy) is 1. The molecule has 0 unspecified atom stereocenters. The maximum Gasteiger partial charge on any atom is 0.425 e. The van der Waals surface area contributed by atoms with Crippen LogP contribution in [0.2, 0.25) is 5.02 Å². The van der Waals surface area contributed by atoms with E-state index in [1.807, 2.05) is 0 Å². The van der Waals surface area contributed by atoms with Crippen molar-refractivity contribution in [1.29, 1.82) is 0 Å². The van der Waals surface area contributed by atoms with E-state index in [0.717, 1.165) is 10.7 Å². The Hall–Kier alpha value is -2.96. The van der Waals surface area contributed by atoms with E-state index in [9.17, 15) is 23.1 Å². The Morgan fingerprint density at radius 1 is 1.27 bits per heavy atom. The number of alkyl halides is 3. The van der Waals surface area contributed by atoms with E-state index in [2.05, 4.69) is 15.1 Å². The molecule has 174 valence electrons. The van der Waals surface area contributed by atoms with Crippen molar-refractivity contribution in [2.45, 2.75) is 18.8 Å². The van der Waals surface area contributed by atoms with E-state index < -0.39 is 22.8 Å². The van der Waals surface area contributed by atoms with Crippen LogP contribution in [0.5, 0.6) is 5.88 Å². The molecule has 4 rings (SSSR count). The number of methoxy groups -OCH3 is 1. The molecule has 0 saturated heterocycles. The number of nitrogens with zero attached hydrogens (tertiary/aromatic N) is 5. The fourth-order valence-corrected chi connectivity index (χ4v) is 4.33. The summed E-state index contributed by atoms with van der Waals surface area (Å²) >= 11 is 6.55. The van der Waals surface area contributed by atoms with Crippen molar-refractivity contribution in [3.63, 3.8) is 0 Å². The van der Waals surface area contributed by atoms with Crippen molar-refractivity contribution in [2.24, 2.45) is 0 Å². The van der Waals surface area contributed by atoms with Gasteiger partial charge in [0.15, 0.2) is 5.82 Å². The Morgan fingerprint density at radius 2 is 2.06 bits per heavy atom. The lowest BCUT2D eigenvalue weighted by atomic mass is 10.0. The summed E-state index contributed by atoms with van der Waals surface area (Å²) in [4.78, 5) is 21.9. The first-order valence-electron chi connectivity index (χ1n) is 9.59. The molecule has 4 heterocycles. The number of aliphatic hydroxyl groups is 1. The van der Waals surface area contributed by atoms with Gasteiger partial charge in [-0.3, -0.25) is 0 Å². The maximum atomic E-state index is 12.8. The fraction of sp³-hybridized carbons (Fsp3) is 0.300. The summed E-state index contributed by atoms with van der Waals surface area (Å²) in [5.41, 5.74) is 0.391. The van der Waals surface area contributed by atoms with Gasteiger partial charge in [0, 0.05) is 23.5 Å². The number of aliphatic hydroxyl groups excluding tert-OH is 1. The van der Waals surface area contributed by atoms with Gasteiger partial charge in [0.2, 0.25) is 5.88 Å². The highest BCUT2D eigenvalue weighted by Crippen LogP contribution is 2.34. The molecule has 13 heteroatoms. The molecule has 0 radical (unpaired) electrons.